The molecule has 2 aromatic rings. The van der Waals surface area contributed by atoms with E-state index in [-0.39, 0.29) is 5.41 Å². The number of nitrogens with zero attached hydrogens (tertiary/aromatic N) is 2. The minimum atomic E-state index is -0.615. The van der Waals surface area contributed by atoms with E-state index in [4.69, 9.17) is 4.74 Å². The zero-order chi connectivity index (χ0) is 16.6. The molecule has 5 rings (SSSR count). The van der Waals surface area contributed by atoms with Crippen molar-refractivity contribution in [3.63, 3.8) is 0 Å². The molecule has 2 aromatic heterocycles. The molecule has 0 saturated heterocycles. The third-order valence-corrected chi connectivity index (χ3v) is 5.91. The number of aromatic nitrogens is 3. The molecule has 0 spiro atoms. The van der Waals surface area contributed by atoms with Gasteiger partial charge in [0, 0.05) is 11.6 Å². The summed E-state index contributed by atoms with van der Waals surface area (Å²) in [5, 5.41) is 16.3. The van der Waals surface area contributed by atoms with E-state index in [1.807, 2.05) is 18.2 Å². The fourth-order valence-corrected chi connectivity index (χ4v) is 4.06. The zero-order valence-corrected chi connectivity index (χ0v) is 13.5. The van der Waals surface area contributed by atoms with Gasteiger partial charge in [0.1, 0.15) is 5.75 Å². The Hall–Kier alpha value is -2.37. The van der Waals surface area contributed by atoms with Crippen LogP contribution in [0.5, 0.6) is 5.75 Å². The maximum atomic E-state index is 11.5. The topological polar surface area (TPSA) is 88.1 Å². The van der Waals surface area contributed by atoms with Crippen molar-refractivity contribution < 1.29 is 14.6 Å². The Morgan fingerprint density at radius 3 is 2.46 bits per heavy atom. The number of carboxylic acids is 1. The molecule has 0 unspecified atom stereocenters. The number of aliphatic carboxylic acids is 1. The van der Waals surface area contributed by atoms with E-state index < -0.39 is 11.4 Å². The van der Waals surface area contributed by atoms with Gasteiger partial charge in [-0.2, -0.15) is 5.10 Å². The minimum Gasteiger partial charge on any atom is -0.491 e. The lowest BCUT2D eigenvalue weighted by atomic mass is 9.54. The van der Waals surface area contributed by atoms with Crippen LogP contribution in [0.3, 0.4) is 0 Å². The fraction of sp³-hybridized carbons (Fsp3) is 0.500. The molecule has 2 bridgehead atoms. The van der Waals surface area contributed by atoms with Crippen molar-refractivity contribution in [3.8, 4) is 17.1 Å². The Balaban J connectivity index is 1.38. The second kappa shape index (κ2) is 5.61. The lowest BCUT2D eigenvalue weighted by Crippen LogP contribution is -2.48. The quantitative estimate of drug-likeness (QED) is 0.880. The summed E-state index contributed by atoms with van der Waals surface area (Å²) in [5.41, 5.74) is 1.39. The van der Waals surface area contributed by atoms with Gasteiger partial charge in [0.25, 0.3) is 0 Å². The summed E-state index contributed by atoms with van der Waals surface area (Å²) in [6.45, 7) is 0.647. The summed E-state index contributed by atoms with van der Waals surface area (Å²) < 4.78 is 5.99. The van der Waals surface area contributed by atoms with Crippen molar-refractivity contribution in [2.75, 3.05) is 6.61 Å². The number of hydrogen-bond acceptors (Lipinski definition) is 4. The molecule has 0 atom stereocenters. The number of H-pyrrole nitrogens is 1. The molecule has 6 nitrogen and oxygen atoms in total. The van der Waals surface area contributed by atoms with Crippen LogP contribution in [-0.2, 0) is 4.79 Å². The number of pyridine rings is 1. The molecule has 126 valence electrons. The van der Waals surface area contributed by atoms with Gasteiger partial charge in [-0.05, 0) is 56.7 Å². The number of hydrogen-bond donors (Lipinski definition) is 2. The van der Waals surface area contributed by atoms with E-state index in [0.29, 0.717) is 6.61 Å². The Bertz CT molecular complexity index is 700. The molecule has 0 aromatic carbocycles. The maximum Gasteiger partial charge on any atom is 0.309 e. The van der Waals surface area contributed by atoms with Crippen LogP contribution in [0.25, 0.3) is 11.4 Å². The Morgan fingerprint density at radius 2 is 1.92 bits per heavy atom. The first-order chi connectivity index (χ1) is 11.6. The lowest BCUT2D eigenvalue weighted by Gasteiger charge is -2.51. The van der Waals surface area contributed by atoms with Crippen molar-refractivity contribution in [1.82, 2.24) is 15.2 Å². The van der Waals surface area contributed by atoms with Gasteiger partial charge in [-0.3, -0.25) is 14.9 Å². The van der Waals surface area contributed by atoms with Gasteiger partial charge in [0.2, 0.25) is 0 Å². The third-order valence-electron chi connectivity index (χ3n) is 5.91. The predicted molar refractivity (Wildman–Crippen MR) is 87.5 cm³/mol. The number of nitrogens with one attached hydrogen (secondary N) is 1. The zero-order valence-electron chi connectivity index (χ0n) is 13.5. The van der Waals surface area contributed by atoms with Crippen LogP contribution < -0.4 is 4.74 Å². The smallest absolute Gasteiger partial charge is 0.309 e. The van der Waals surface area contributed by atoms with Crippen LogP contribution in [-0.4, -0.2) is 32.9 Å². The van der Waals surface area contributed by atoms with Crippen molar-refractivity contribution in [1.29, 1.82) is 0 Å². The number of carboxylic acid groups (broad SMARTS) is 1. The van der Waals surface area contributed by atoms with Crippen molar-refractivity contribution >= 4 is 5.97 Å². The van der Waals surface area contributed by atoms with Gasteiger partial charge in [-0.1, -0.05) is 0 Å². The summed E-state index contributed by atoms with van der Waals surface area (Å²) in [6.07, 6.45) is 8.61. The first kappa shape index (κ1) is 15.2. The van der Waals surface area contributed by atoms with Crippen LogP contribution in [0.4, 0.5) is 0 Å². The monoisotopic (exact) mass is 327 g/mol. The fourth-order valence-electron chi connectivity index (χ4n) is 4.06. The molecule has 2 heterocycles. The number of fused-ring (bicyclic) bond motifs is 3. The van der Waals surface area contributed by atoms with Crippen LogP contribution in [0.1, 0.15) is 38.5 Å². The molecule has 6 heteroatoms. The Labute approximate surface area is 140 Å². The normalized spacial score (nSPS) is 28.7. The molecule has 0 aliphatic heterocycles. The van der Waals surface area contributed by atoms with E-state index >= 15 is 0 Å². The highest BCUT2D eigenvalue weighted by atomic mass is 16.5. The Kier molecular flexibility index (Phi) is 3.55. The lowest BCUT2D eigenvalue weighted by molar-refractivity contribution is -0.160. The molecule has 24 heavy (non-hydrogen) atoms. The van der Waals surface area contributed by atoms with E-state index in [0.717, 1.165) is 55.7 Å². The number of ether oxygens (including phenoxy) is 1. The highest BCUT2D eigenvalue weighted by molar-refractivity contribution is 5.75. The van der Waals surface area contributed by atoms with Gasteiger partial charge in [-0.15, -0.1) is 0 Å². The van der Waals surface area contributed by atoms with E-state index in [9.17, 15) is 9.90 Å². The van der Waals surface area contributed by atoms with E-state index in [1.54, 1.807) is 12.4 Å². The highest BCUT2D eigenvalue weighted by Gasteiger charge is 2.52. The molecule has 2 N–H and O–H groups in total. The molecular weight excluding hydrogens is 306 g/mol. The van der Waals surface area contributed by atoms with E-state index in [2.05, 4.69) is 15.2 Å². The molecule has 3 fully saturated rings. The van der Waals surface area contributed by atoms with Gasteiger partial charge in [0.15, 0.2) is 0 Å². The highest BCUT2D eigenvalue weighted by Crippen LogP contribution is 2.57. The van der Waals surface area contributed by atoms with Gasteiger partial charge < -0.3 is 9.84 Å². The molecule has 3 aliphatic rings. The second-order valence-electron chi connectivity index (χ2n) is 7.22. The van der Waals surface area contributed by atoms with Crippen LogP contribution in [0.15, 0.2) is 30.6 Å². The van der Waals surface area contributed by atoms with Crippen LogP contribution >= 0.6 is 0 Å². The number of rotatable bonds is 5. The first-order valence-corrected chi connectivity index (χ1v) is 8.43. The molecule has 3 saturated carbocycles. The second-order valence-corrected chi connectivity index (χ2v) is 7.22. The first-order valence-electron chi connectivity index (χ1n) is 8.43. The largest absolute Gasteiger partial charge is 0.491 e. The number of carbonyl (C=O) groups is 1. The summed E-state index contributed by atoms with van der Waals surface area (Å²) in [5.74, 6) is 0.142. The van der Waals surface area contributed by atoms with Gasteiger partial charge >= 0.3 is 5.97 Å². The minimum absolute atomic E-state index is 0.138. The predicted octanol–water partition coefficient (Wildman–Crippen LogP) is 3.28. The molecule has 0 radical (unpaired) electrons. The molecule has 0 amide bonds. The summed E-state index contributed by atoms with van der Waals surface area (Å²) in [4.78, 5) is 15.9. The summed E-state index contributed by atoms with van der Waals surface area (Å²) in [7, 11) is 0. The molecule has 3 aliphatic carbocycles. The van der Waals surface area contributed by atoms with Crippen LogP contribution in [0.2, 0.25) is 0 Å². The average Bonchev–Trinajstić information content (AvgIpc) is 3.17. The standard InChI is InChI=1S/C18H21N3O3/c22-16(23)18-7-4-17(5-8-18,6-9-18)12-24-13-1-2-14(19-11-13)15-3-10-20-21-15/h1-3,10-11H,4-9,12H2,(H,20,21)(H,22,23). The number of aromatic amines is 1. The van der Waals surface area contributed by atoms with Crippen molar-refractivity contribution in [2.45, 2.75) is 38.5 Å². The van der Waals surface area contributed by atoms with Gasteiger partial charge in [-0.25, -0.2) is 0 Å². The SMILES string of the molecule is O=C(O)C12CCC(COc3ccc(-c4ccn[nH]4)nc3)(CC1)CC2. The van der Waals surface area contributed by atoms with Crippen LogP contribution in [0, 0.1) is 10.8 Å². The average molecular weight is 327 g/mol. The Morgan fingerprint density at radius 1 is 1.17 bits per heavy atom. The molecular formula is C18H21N3O3. The third kappa shape index (κ3) is 2.56. The van der Waals surface area contributed by atoms with Crippen molar-refractivity contribution in [3.05, 3.63) is 30.6 Å². The van der Waals surface area contributed by atoms with Gasteiger partial charge in [0.05, 0.1) is 29.6 Å². The summed E-state index contributed by atoms with van der Waals surface area (Å²) >= 11 is 0. The summed E-state index contributed by atoms with van der Waals surface area (Å²) in [6, 6.07) is 5.71. The van der Waals surface area contributed by atoms with E-state index in [1.165, 1.54) is 0 Å². The maximum absolute atomic E-state index is 11.5. The van der Waals surface area contributed by atoms with Crippen molar-refractivity contribution in [2.24, 2.45) is 10.8 Å².